The Morgan fingerprint density at radius 1 is 0.917 bits per heavy atom. The number of ether oxygens (including phenoxy) is 2. The summed E-state index contributed by atoms with van der Waals surface area (Å²) in [6.45, 7) is 0.628. The number of piperazine rings is 1. The molecule has 2 aromatic carbocycles. The van der Waals surface area contributed by atoms with E-state index in [4.69, 9.17) is 21.1 Å². The predicted molar refractivity (Wildman–Crippen MR) is 128 cm³/mol. The summed E-state index contributed by atoms with van der Waals surface area (Å²) in [4.78, 5) is 1.28. The minimum absolute atomic E-state index is 0.0437. The van der Waals surface area contributed by atoms with Gasteiger partial charge < -0.3 is 14.4 Å². The van der Waals surface area contributed by atoms with Crippen molar-refractivity contribution in [3.8, 4) is 22.8 Å². The molecule has 1 aromatic heterocycles. The fourth-order valence-electron chi connectivity index (χ4n) is 3.83. The summed E-state index contributed by atoms with van der Waals surface area (Å²) in [5, 5.41) is 8.29. The van der Waals surface area contributed by atoms with E-state index in [0.717, 1.165) is 16.4 Å². The molecule has 0 atom stereocenters. The molecule has 1 aliphatic heterocycles. The lowest BCUT2D eigenvalue weighted by atomic mass is 10.1. The Bertz CT molecular complexity index is 1350. The first kappa shape index (κ1) is 26.0. The number of methoxy groups -OCH3 is 2. The molecule has 0 amide bonds. The van der Waals surface area contributed by atoms with Gasteiger partial charge in [-0.2, -0.15) is 17.5 Å². The van der Waals surface area contributed by atoms with Gasteiger partial charge in [0.25, 0.3) is 0 Å². The number of sulfonamides is 1. The van der Waals surface area contributed by atoms with Crippen LogP contribution in [0.5, 0.6) is 11.5 Å². The minimum atomic E-state index is -4.69. The molecule has 8 nitrogen and oxygen atoms in total. The molecule has 4 rings (SSSR count). The Morgan fingerprint density at radius 3 is 2.22 bits per heavy atom. The molecule has 13 heteroatoms. The van der Waals surface area contributed by atoms with Crippen LogP contribution in [0.4, 0.5) is 19.0 Å². The van der Waals surface area contributed by atoms with Gasteiger partial charge in [-0.15, -0.1) is 10.2 Å². The molecule has 0 saturated carbocycles. The lowest BCUT2D eigenvalue weighted by Gasteiger charge is -2.34. The van der Waals surface area contributed by atoms with Crippen LogP contribution in [0.1, 0.15) is 5.56 Å². The van der Waals surface area contributed by atoms with E-state index in [1.54, 1.807) is 44.6 Å². The van der Waals surface area contributed by atoms with Crippen molar-refractivity contribution < 1.29 is 31.1 Å². The SMILES string of the molecule is COc1ccc(OC)c(-c2ccc(N3CCN(S(=O)(=O)c4cc(C(F)(F)F)ccc4Cl)CC3)nn2)c1. The van der Waals surface area contributed by atoms with Crippen molar-refractivity contribution in [1.82, 2.24) is 14.5 Å². The van der Waals surface area contributed by atoms with Crippen LogP contribution in [-0.2, 0) is 16.2 Å². The average Bonchev–Trinajstić information content (AvgIpc) is 2.88. The topological polar surface area (TPSA) is 84.9 Å². The third kappa shape index (κ3) is 5.20. The van der Waals surface area contributed by atoms with E-state index in [1.165, 1.54) is 0 Å². The highest BCUT2D eigenvalue weighted by molar-refractivity contribution is 7.89. The van der Waals surface area contributed by atoms with Gasteiger partial charge >= 0.3 is 6.18 Å². The Kier molecular flexibility index (Phi) is 7.30. The monoisotopic (exact) mass is 542 g/mol. The van der Waals surface area contributed by atoms with Crippen molar-refractivity contribution in [1.29, 1.82) is 0 Å². The van der Waals surface area contributed by atoms with Gasteiger partial charge in [-0.3, -0.25) is 0 Å². The molecule has 192 valence electrons. The van der Waals surface area contributed by atoms with Crippen molar-refractivity contribution in [3.05, 3.63) is 59.1 Å². The Labute approximate surface area is 211 Å². The molecule has 1 saturated heterocycles. The molecular formula is C23H22ClF3N4O4S. The van der Waals surface area contributed by atoms with Crippen LogP contribution in [0.25, 0.3) is 11.3 Å². The van der Waals surface area contributed by atoms with Crippen molar-refractivity contribution >= 4 is 27.4 Å². The Hall–Kier alpha value is -3.09. The summed E-state index contributed by atoms with van der Waals surface area (Å²) in [5.74, 6) is 1.77. The molecule has 1 aliphatic rings. The number of nitrogens with zero attached hydrogens (tertiary/aromatic N) is 4. The number of benzene rings is 2. The molecule has 0 N–H and O–H groups in total. The third-order valence-corrected chi connectivity index (χ3v) is 8.15. The van der Waals surface area contributed by atoms with Gasteiger partial charge in [0.15, 0.2) is 5.82 Å². The van der Waals surface area contributed by atoms with Gasteiger partial charge in [0.2, 0.25) is 10.0 Å². The number of alkyl halides is 3. The number of halogens is 4. The van der Waals surface area contributed by atoms with Crippen LogP contribution in [-0.4, -0.2) is 63.3 Å². The predicted octanol–water partition coefficient (Wildman–Crippen LogP) is 4.34. The summed E-state index contributed by atoms with van der Waals surface area (Å²) in [6, 6.07) is 11.1. The van der Waals surface area contributed by atoms with Gasteiger partial charge in [0, 0.05) is 31.7 Å². The summed E-state index contributed by atoms with van der Waals surface area (Å²) >= 11 is 5.96. The van der Waals surface area contributed by atoms with E-state index in [1.807, 2.05) is 4.90 Å². The number of anilines is 1. The molecule has 0 aliphatic carbocycles. The van der Waals surface area contributed by atoms with E-state index < -0.39 is 26.7 Å². The van der Waals surface area contributed by atoms with E-state index in [2.05, 4.69) is 10.2 Å². The third-order valence-electron chi connectivity index (χ3n) is 5.77. The van der Waals surface area contributed by atoms with Gasteiger partial charge in [-0.25, -0.2) is 8.42 Å². The van der Waals surface area contributed by atoms with Crippen molar-refractivity contribution in [2.45, 2.75) is 11.1 Å². The molecule has 36 heavy (non-hydrogen) atoms. The number of hydrogen-bond acceptors (Lipinski definition) is 7. The van der Waals surface area contributed by atoms with E-state index in [0.29, 0.717) is 34.6 Å². The quantitative estimate of drug-likeness (QED) is 0.458. The van der Waals surface area contributed by atoms with Crippen LogP contribution >= 0.6 is 11.6 Å². The van der Waals surface area contributed by atoms with Gasteiger partial charge in [-0.05, 0) is 48.5 Å². The maximum atomic E-state index is 13.1. The van der Waals surface area contributed by atoms with E-state index in [9.17, 15) is 21.6 Å². The number of rotatable bonds is 6. The van der Waals surface area contributed by atoms with Gasteiger partial charge in [-0.1, -0.05) is 11.6 Å². The lowest BCUT2D eigenvalue weighted by molar-refractivity contribution is -0.137. The van der Waals surface area contributed by atoms with E-state index in [-0.39, 0.29) is 31.2 Å². The van der Waals surface area contributed by atoms with Gasteiger partial charge in [0.05, 0.1) is 30.5 Å². The summed E-state index contributed by atoms with van der Waals surface area (Å²) in [5.41, 5.74) is 0.187. The summed E-state index contributed by atoms with van der Waals surface area (Å²) in [7, 11) is -1.12. The lowest BCUT2D eigenvalue weighted by Crippen LogP contribution is -2.49. The minimum Gasteiger partial charge on any atom is -0.497 e. The highest BCUT2D eigenvalue weighted by atomic mass is 35.5. The van der Waals surface area contributed by atoms with Crippen LogP contribution in [0.15, 0.2) is 53.4 Å². The van der Waals surface area contributed by atoms with Crippen molar-refractivity contribution in [2.24, 2.45) is 0 Å². The zero-order chi connectivity index (χ0) is 26.1. The summed E-state index contributed by atoms with van der Waals surface area (Å²) in [6.07, 6.45) is -4.69. The van der Waals surface area contributed by atoms with Crippen molar-refractivity contribution in [2.75, 3.05) is 45.3 Å². The highest BCUT2D eigenvalue weighted by Crippen LogP contribution is 2.35. The smallest absolute Gasteiger partial charge is 0.416 e. The molecule has 0 unspecified atom stereocenters. The molecule has 3 aromatic rings. The van der Waals surface area contributed by atoms with Crippen LogP contribution in [0.2, 0.25) is 5.02 Å². The number of hydrogen-bond donors (Lipinski definition) is 0. The standard InChI is InChI=1S/C23H22ClF3N4O4S/c1-34-16-4-7-20(35-2)17(14-16)19-6-8-22(29-28-19)30-9-11-31(12-10-30)36(32,33)21-13-15(23(25,26)27)3-5-18(21)24/h3-8,13-14H,9-12H2,1-2H3. The van der Waals surface area contributed by atoms with Crippen LogP contribution < -0.4 is 14.4 Å². The highest BCUT2D eigenvalue weighted by Gasteiger charge is 2.35. The maximum absolute atomic E-state index is 13.1. The second kappa shape index (κ2) is 10.1. The average molecular weight is 543 g/mol. The second-order valence-electron chi connectivity index (χ2n) is 7.88. The first-order valence-electron chi connectivity index (χ1n) is 10.7. The fourth-order valence-corrected chi connectivity index (χ4v) is 5.75. The van der Waals surface area contributed by atoms with Crippen molar-refractivity contribution in [3.63, 3.8) is 0 Å². The van der Waals surface area contributed by atoms with E-state index >= 15 is 0 Å². The molecule has 0 spiro atoms. The zero-order valence-corrected chi connectivity index (χ0v) is 20.9. The second-order valence-corrected chi connectivity index (χ2v) is 10.2. The van der Waals surface area contributed by atoms with Crippen LogP contribution in [0.3, 0.4) is 0 Å². The molecular weight excluding hydrogens is 521 g/mol. The maximum Gasteiger partial charge on any atom is 0.416 e. The van der Waals surface area contributed by atoms with Gasteiger partial charge in [0.1, 0.15) is 16.4 Å². The first-order chi connectivity index (χ1) is 17.0. The first-order valence-corrected chi connectivity index (χ1v) is 12.5. The largest absolute Gasteiger partial charge is 0.497 e. The molecule has 2 heterocycles. The molecule has 0 radical (unpaired) electrons. The Morgan fingerprint density at radius 2 is 1.64 bits per heavy atom. The fraction of sp³-hybridized carbons (Fsp3) is 0.304. The van der Waals surface area contributed by atoms with Crippen LogP contribution in [0, 0.1) is 0 Å². The number of aromatic nitrogens is 2. The Balaban J connectivity index is 1.49. The summed E-state index contributed by atoms with van der Waals surface area (Å²) < 4.78 is 77.2. The zero-order valence-electron chi connectivity index (χ0n) is 19.3. The molecule has 0 bridgehead atoms. The molecule has 1 fully saturated rings. The normalized spacial score (nSPS) is 15.1.